The molecule has 0 bridgehead atoms. The number of methoxy groups -OCH3 is 1. The van der Waals surface area contributed by atoms with Gasteiger partial charge in [0.15, 0.2) is 0 Å². The number of hydrogen-bond acceptors (Lipinski definition) is 6. The lowest BCUT2D eigenvalue weighted by molar-refractivity contribution is -0.140. The van der Waals surface area contributed by atoms with Gasteiger partial charge in [-0.1, -0.05) is 6.07 Å². The van der Waals surface area contributed by atoms with Crippen molar-refractivity contribution in [2.75, 3.05) is 51.8 Å². The molecule has 0 spiro atoms. The van der Waals surface area contributed by atoms with Gasteiger partial charge >= 0.3 is 5.97 Å². The first-order valence-electron chi connectivity index (χ1n) is 10.7. The first-order chi connectivity index (χ1) is 15.7. The zero-order chi connectivity index (χ0) is 24.0. The summed E-state index contributed by atoms with van der Waals surface area (Å²) >= 11 is 0. The second kappa shape index (κ2) is 10.8. The Bertz CT molecular complexity index is 1080. The summed E-state index contributed by atoms with van der Waals surface area (Å²) in [6.45, 7) is 1.87. The fraction of sp³-hybridized carbons (Fsp3) is 0.391. The third-order valence-corrected chi connectivity index (χ3v) is 7.49. The molecule has 0 aliphatic carbocycles. The minimum absolute atomic E-state index is 0.0616. The highest BCUT2D eigenvalue weighted by Crippen LogP contribution is 2.22. The third-order valence-electron chi connectivity index (χ3n) is 5.60. The van der Waals surface area contributed by atoms with Crippen LogP contribution < -0.4 is 4.90 Å². The molecule has 0 N–H and O–H groups in total. The number of carbonyl (C=O) groups is 2. The summed E-state index contributed by atoms with van der Waals surface area (Å²) in [7, 11) is -0.855. The van der Waals surface area contributed by atoms with E-state index in [2.05, 4.69) is 4.74 Å². The molecule has 2 aromatic carbocycles. The van der Waals surface area contributed by atoms with Gasteiger partial charge in [-0.05, 0) is 48.9 Å². The summed E-state index contributed by atoms with van der Waals surface area (Å²) < 4.78 is 45.5. The molecule has 178 valence electrons. The minimum atomic E-state index is -3.77. The molecule has 10 heteroatoms. The molecule has 1 amide bonds. The van der Waals surface area contributed by atoms with Crippen molar-refractivity contribution in [2.45, 2.75) is 17.7 Å². The lowest BCUT2D eigenvalue weighted by atomic mass is 10.2. The predicted molar refractivity (Wildman–Crippen MR) is 122 cm³/mol. The number of sulfonamides is 1. The van der Waals surface area contributed by atoms with Crippen LogP contribution in [0.1, 0.15) is 23.2 Å². The highest BCUT2D eigenvalue weighted by molar-refractivity contribution is 7.89. The standard InChI is InChI=1S/C23H28FN3O5S/c1-25(12-4-7-22(28)32-2)23(29)18-5-3-6-21(17-18)33(30,31)27-15-13-26(14-16-27)20-10-8-19(24)9-11-20/h3,5-6,8-11,17H,4,7,12-16H2,1-2H3. The Kier molecular flexibility index (Phi) is 8.04. The number of carbonyl (C=O) groups excluding carboxylic acids is 2. The average Bonchev–Trinajstić information content (AvgIpc) is 2.84. The van der Waals surface area contributed by atoms with Crippen molar-refractivity contribution in [1.82, 2.24) is 9.21 Å². The van der Waals surface area contributed by atoms with Crippen molar-refractivity contribution in [3.63, 3.8) is 0 Å². The van der Waals surface area contributed by atoms with Gasteiger partial charge in [0.2, 0.25) is 10.0 Å². The Morgan fingerprint density at radius 2 is 1.73 bits per heavy atom. The fourth-order valence-electron chi connectivity index (χ4n) is 3.66. The van der Waals surface area contributed by atoms with E-state index in [1.54, 1.807) is 31.3 Å². The molecule has 1 heterocycles. The lowest BCUT2D eigenvalue weighted by Crippen LogP contribution is -2.48. The molecular weight excluding hydrogens is 449 g/mol. The summed E-state index contributed by atoms with van der Waals surface area (Å²) in [6.07, 6.45) is 0.650. The van der Waals surface area contributed by atoms with Crippen LogP contribution in [0.4, 0.5) is 10.1 Å². The van der Waals surface area contributed by atoms with E-state index in [0.717, 1.165) is 5.69 Å². The van der Waals surface area contributed by atoms with Crippen molar-refractivity contribution < 1.29 is 27.1 Å². The zero-order valence-electron chi connectivity index (χ0n) is 18.7. The molecule has 0 radical (unpaired) electrons. The Labute approximate surface area is 193 Å². The molecular formula is C23H28FN3O5S. The van der Waals surface area contributed by atoms with Crippen molar-refractivity contribution in [2.24, 2.45) is 0 Å². The second-order valence-electron chi connectivity index (χ2n) is 7.80. The summed E-state index contributed by atoms with van der Waals surface area (Å²) in [5.74, 6) is -0.981. The van der Waals surface area contributed by atoms with E-state index >= 15 is 0 Å². The summed E-state index contributed by atoms with van der Waals surface area (Å²) in [4.78, 5) is 27.5. The Balaban J connectivity index is 1.64. The van der Waals surface area contributed by atoms with E-state index in [1.165, 1.54) is 40.6 Å². The van der Waals surface area contributed by atoms with E-state index < -0.39 is 10.0 Å². The Morgan fingerprint density at radius 3 is 2.36 bits per heavy atom. The number of amides is 1. The van der Waals surface area contributed by atoms with Crippen LogP contribution >= 0.6 is 0 Å². The zero-order valence-corrected chi connectivity index (χ0v) is 19.6. The molecule has 3 rings (SSSR count). The second-order valence-corrected chi connectivity index (χ2v) is 9.74. The van der Waals surface area contributed by atoms with Crippen molar-refractivity contribution in [3.05, 3.63) is 59.9 Å². The number of anilines is 1. The Morgan fingerprint density at radius 1 is 1.06 bits per heavy atom. The number of nitrogens with zero attached hydrogens (tertiary/aromatic N) is 3. The topological polar surface area (TPSA) is 87.2 Å². The van der Waals surface area contributed by atoms with Gasteiger partial charge in [0.05, 0.1) is 12.0 Å². The van der Waals surface area contributed by atoms with E-state index in [0.29, 0.717) is 26.1 Å². The molecule has 33 heavy (non-hydrogen) atoms. The van der Waals surface area contributed by atoms with Crippen molar-refractivity contribution in [1.29, 1.82) is 0 Å². The minimum Gasteiger partial charge on any atom is -0.469 e. The maximum Gasteiger partial charge on any atom is 0.305 e. The van der Waals surface area contributed by atoms with Gasteiger partial charge in [-0.25, -0.2) is 12.8 Å². The van der Waals surface area contributed by atoms with Crippen LogP contribution in [0, 0.1) is 5.82 Å². The number of esters is 1. The molecule has 1 saturated heterocycles. The van der Waals surface area contributed by atoms with Crippen molar-refractivity contribution >= 4 is 27.6 Å². The maximum absolute atomic E-state index is 13.2. The summed E-state index contributed by atoms with van der Waals surface area (Å²) in [5, 5.41) is 0. The number of halogens is 1. The van der Waals surface area contributed by atoms with Gasteiger partial charge in [0.25, 0.3) is 5.91 Å². The van der Waals surface area contributed by atoms with Crippen LogP contribution in [0.5, 0.6) is 0 Å². The Hall–Kier alpha value is -2.98. The first kappa shape index (κ1) is 24.7. The number of hydrogen-bond donors (Lipinski definition) is 0. The molecule has 2 aromatic rings. The van der Waals surface area contributed by atoms with Gasteiger partial charge in [0.1, 0.15) is 5.82 Å². The van der Waals surface area contributed by atoms with Crippen LogP contribution in [0.3, 0.4) is 0 Å². The monoisotopic (exact) mass is 477 g/mol. The van der Waals surface area contributed by atoms with Gasteiger partial charge in [-0.3, -0.25) is 9.59 Å². The largest absolute Gasteiger partial charge is 0.469 e. The molecule has 0 atom stereocenters. The molecule has 8 nitrogen and oxygen atoms in total. The van der Waals surface area contributed by atoms with E-state index in [4.69, 9.17) is 0 Å². The SMILES string of the molecule is COC(=O)CCCN(C)C(=O)c1cccc(S(=O)(=O)N2CCN(c3ccc(F)cc3)CC2)c1. The smallest absolute Gasteiger partial charge is 0.305 e. The number of ether oxygens (including phenoxy) is 1. The molecule has 1 fully saturated rings. The summed E-state index contributed by atoms with van der Waals surface area (Å²) in [6, 6.07) is 12.1. The molecule has 0 aromatic heterocycles. The molecule has 1 aliphatic heterocycles. The number of piperazine rings is 1. The highest BCUT2D eigenvalue weighted by Gasteiger charge is 2.29. The van der Waals surface area contributed by atoms with E-state index in [-0.39, 0.29) is 47.7 Å². The van der Waals surface area contributed by atoms with Gasteiger partial charge < -0.3 is 14.5 Å². The van der Waals surface area contributed by atoms with Crippen molar-refractivity contribution in [3.8, 4) is 0 Å². The van der Waals surface area contributed by atoms with Gasteiger partial charge in [-0.15, -0.1) is 0 Å². The molecule has 0 unspecified atom stereocenters. The quantitative estimate of drug-likeness (QED) is 0.543. The summed E-state index contributed by atoms with van der Waals surface area (Å²) in [5.41, 5.74) is 1.11. The maximum atomic E-state index is 13.2. The molecule has 0 saturated carbocycles. The fourth-order valence-corrected chi connectivity index (χ4v) is 5.13. The average molecular weight is 478 g/mol. The van der Waals surface area contributed by atoms with Gasteiger partial charge in [-0.2, -0.15) is 4.31 Å². The van der Waals surface area contributed by atoms with E-state index in [1.807, 2.05) is 4.90 Å². The molecule has 1 aliphatic rings. The number of benzene rings is 2. The predicted octanol–water partition coefficient (Wildman–Crippen LogP) is 2.36. The first-order valence-corrected chi connectivity index (χ1v) is 12.1. The van der Waals surface area contributed by atoms with Crippen LogP contribution in [0.15, 0.2) is 53.4 Å². The third kappa shape index (κ3) is 6.08. The van der Waals surface area contributed by atoms with Gasteiger partial charge in [0, 0.05) is 57.4 Å². The van der Waals surface area contributed by atoms with Crippen LogP contribution in [0.2, 0.25) is 0 Å². The normalized spacial score (nSPS) is 14.7. The lowest BCUT2D eigenvalue weighted by Gasteiger charge is -2.35. The van der Waals surface area contributed by atoms with E-state index in [9.17, 15) is 22.4 Å². The van der Waals surface area contributed by atoms with Crippen LogP contribution in [-0.2, 0) is 19.6 Å². The van der Waals surface area contributed by atoms with Crippen LogP contribution in [0.25, 0.3) is 0 Å². The number of rotatable bonds is 8. The highest BCUT2D eigenvalue weighted by atomic mass is 32.2. The van der Waals surface area contributed by atoms with Crippen LogP contribution in [-0.4, -0.2) is 76.4 Å².